The van der Waals surface area contributed by atoms with Gasteiger partial charge in [0.15, 0.2) is 0 Å². The highest BCUT2D eigenvalue weighted by molar-refractivity contribution is 7.85. The van der Waals surface area contributed by atoms with E-state index in [9.17, 15) is 12.8 Å². The molecule has 0 bridgehead atoms. The molecule has 0 aliphatic carbocycles. The zero-order valence-electron chi connectivity index (χ0n) is 17.3. The fourth-order valence-corrected chi connectivity index (χ4v) is 3.44. The minimum atomic E-state index is -4.02. The van der Waals surface area contributed by atoms with Crippen LogP contribution in [0.1, 0.15) is 39.2 Å². The van der Waals surface area contributed by atoms with E-state index < -0.39 is 16.1 Å². The third-order valence-corrected chi connectivity index (χ3v) is 6.12. The van der Waals surface area contributed by atoms with E-state index >= 15 is 0 Å². The summed E-state index contributed by atoms with van der Waals surface area (Å²) in [5.41, 5.74) is 1.19. The minimum absolute atomic E-state index is 0.0666. The van der Waals surface area contributed by atoms with Gasteiger partial charge in [0.1, 0.15) is 12.4 Å². The number of hydrogen-bond acceptors (Lipinski definition) is 5. The molecule has 1 atom stereocenters. The maximum Gasteiger partial charge on any atom is 0.294 e. The Morgan fingerprint density at radius 3 is 2.34 bits per heavy atom. The average Bonchev–Trinajstić information content (AvgIpc) is 2.62. The number of benzene rings is 1. The summed E-state index contributed by atoms with van der Waals surface area (Å²) in [5.74, 6) is 0.164. The lowest BCUT2D eigenvalue weighted by Gasteiger charge is -2.50. The van der Waals surface area contributed by atoms with Gasteiger partial charge in [-0.25, -0.2) is 4.98 Å². The van der Waals surface area contributed by atoms with Gasteiger partial charge in [-0.2, -0.15) is 12.8 Å². The molecule has 1 aliphatic heterocycles. The van der Waals surface area contributed by atoms with E-state index in [1.54, 1.807) is 18.2 Å². The topological polar surface area (TPSA) is 79.7 Å². The summed E-state index contributed by atoms with van der Waals surface area (Å²) in [5, 5.41) is 0. The van der Waals surface area contributed by atoms with Crippen LogP contribution in [0.3, 0.4) is 0 Å². The van der Waals surface area contributed by atoms with Crippen molar-refractivity contribution in [1.82, 2.24) is 9.88 Å². The lowest BCUT2D eigenvalue weighted by atomic mass is 9.90. The van der Waals surface area contributed by atoms with Crippen molar-refractivity contribution in [3.63, 3.8) is 0 Å². The van der Waals surface area contributed by atoms with Crippen LogP contribution in [0.4, 0.5) is 4.39 Å². The zero-order chi connectivity index (χ0) is 21.7. The molecule has 8 heteroatoms. The molecule has 1 saturated heterocycles. The van der Waals surface area contributed by atoms with Crippen LogP contribution >= 0.6 is 0 Å². The van der Waals surface area contributed by atoms with Crippen molar-refractivity contribution < 1.29 is 22.1 Å². The van der Waals surface area contributed by atoms with Gasteiger partial charge < -0.3 is 4.74 Å². The van der Waals surface area contributed by atoms with Gasteiger partial charge in [-0.3, -0.25) is 9.45 Å². The van der Waals surface area contributed by atoms with E-state index in [-0.39, 0.29) is 10.4 Å². The van der Waals surface area contributed by atoms with E-state index in [0.29, 0.717) is 18.4 Å². The number of aromatic nitrogens is 1. The van der Waals surface area contributed by atoms with Crippen LogP contribution in [0.25, 0.3) is 0 Å². The molecule has 0 amide bonds. The van der Waals surface area contributed by atoms with Gasteiger partial charge in [0, 0.05) is 18.1 Å². The highest BCUT2D eigenvalue weighted by atomic mass is 32.2. The van der Waals surface area contributed by atoms with Gasteiger partial charge in [-0.15, -0.1) is 0 Å². The third kappa shape index (κ3) is 6.76. The Labute approximate surface area is 172 Å². The SMILES string of the molecule is CCC(C)(C)N1CC[C@@H]1COc1ccc(F)nc1.Cc1ccc(S(=O)(=O)O)cc1. The first-order chi connectivity index (χ1) is 13.5. The number of rotatable bonds is 6. The minimum Gasteiger partial charge on any atom is -0.490 e. The Kier molecular flexibility index (Phi) is 7.73. The third-order valence-electron chi connectivity index (χ3n) is 5.25. The van der Waals surface area contributed by atoms with Crippen molar-refractivity contribution in [2.24, 2.45) is 0 Å². The molecule has 29 heavy (non-hydrogen) atoms. The quantitative estimate of drug-likeness (QED) is 0.555. The van der Waals surface area contributed by atoms with Crippen molar-refractivity contribution >= 4 is 10.1 Å². The van der Waals surface area contributed by atoms with Crippen LogP contribution < -0.4 is 4.74 Å². The van der Waals surface area contributed by atoms with Gasteiger partial charge in [0.05, 0.1) is 11.1 Å². The number of nitrogens with zero attached hydrogens (tertiary/aromatic N) is 2. The molecule has 0 radical (unpaired) electrons. The molecule has 1 fully saturated rings. The van der Waals surface area contributed by atoms with Crippen LogP contribution in [0, 0.1) is 12.9 Å². The Morgan fingerprint density at radius 1 is 1.24 bits per heavy atom. The van der Waals surface area contributed by atoms with Gasteiger partial charge >= 0.3 is 0 Å². The van der Waals surface area contributed by atoms with Crippen LogP contribution in [0.5, 0.6) is 5.75 Å². The molecule has 1 aromatic heterocycles. The van der Waals surface area contributed by atoms with Crippen LogP contribution in [0.15, 0.2) is 47.5 Å². The second-order valence-corrected chi connectivity index (χ2v) is 9.14. The summed E-state index contributed by atoms with van der Waals surface area (Å²) in [4.78, 5) is 5.99. The van der Waals surface area contributed by atoms with Crippen molar-refractivity contribution in [3.05, 3.63) is 54.1 Å². The van der Waals surface area contributed by atoms with E-state index in [2.05, 4.69) is 30.7 Å². The largest absolute Gasteiger partial charge is 0.490 e. The molecule has 2 aromatic rings. The number of halogens is 1. The van der Waals surface area contributed by atoms with Crippen molar-refractivity contribution in [2.45, 2.75) is 57.0 Å². The number of hydrogen-bond donors (Lipinski definition) is 1. The molecule has 0 saturated carbocycles. The Bertz CT molecular complexity index is 884. The first-order valence-corrected chi connectivity index (χ1v) is 11.0. The van der Waals surface area contributed by atoms with Crippen molar-refractivity contribution in [2.75, 3.05) is 13.2 Å². The average molecular weight is 425 g/mol. The summed E-state index contributed by atoms with van der Waals surface area (Å²) in [6.45, 7) is 10.4. The first-order valence-electron chi connectivity index (χ1n) is 9.58. The maximum absolute atomic E-state index is 12.7. The van der Waals surface area contributed by atoms with E-state index in [0.717, 1.165) is 24.9 Å². The lowest BCUT2D eigenvalue weighted by Crippen LogP contribution is -2.60. The van der Waals surface area contributed by atoms with Gasteiger partial charge in [0.25, 0.3) is 10.1 Å². The standard InChI is InChI=1S/C14H21FN2O.C7H8O3S/c1-4-14(2,3)17-8-7-11(17)10-18-12-5-6-13(15)16-9-12;1-6-2-4-7(5-3-6)11(8,9)10/h5-6,9,11H,4,7-8,10H2,1-3H3;2-5H,1H3,(H,8,9,10)/t11-;/m1./s1. The Balaban J connectivity index is 0.000000234. The van der Waals surface area contributed by atoms with Crippen LogP contribution in [0.2, 0.25) is 0 Å². The molecule has 1 aromatic carbocycles. The highest BCUT2D eigenvalue weighted by Crippen LogP contribution is 2.30. The summed E-state index contributed by atoms with van der Waals surface area (Å²) in [7, 11) is -4.02. The predicted molar refractivity (Wildman–Crippen MR) is 110 cm³/mol. The van der Waals surface area contributed by atoms with Crippen LogP contribution in [-0.2, 0) is 10.1 Å². The fourth-order valence-electron chi connectivity index (χ4n) is 2.96. The molecule has 1 aliphatic rings. The molecule has 6 nitrogen and oxygen atoms in total. The molecule has 1 N–H and O–H groups in total. The van der Waals surface area contributed by atoms with E-state index in [1.165, 1.54) is 24.4 Å². The van der Waals surface area contributed by atoms with Crippen molar-refractivity contribution in [3.8, 4) is 5.75 Å². The number of likely N-dealkylation sites (tertiary alicyclic amines) is 1. The highest BCUT2D eigenvalue weighted by Gasteiger charge is 2.38. The Hall–Kier alpha value is -2.03. The second-order valence-electron chi connectivity index (χ2n) is 7.72. The first kappa shape index (κ1) is 23.3. The second kappa shape index (κ2) is 9.65. The summed E-state index contributed by atoms with van der Waals surface area (Å²) < 4.78 is 47.9. The maximum atomic E-state index is 12.7. The Morgan fingerprint density at radius 2 is 1.90 bits per heavy atom. The van der Waals surface area contributed by atoms with E-state index in [4.69, 9.17) is 9.29 Å². The summed E-state index contributed by atoms with van der Waals surface area (Å²) in [6.07, 6.45) is 3.73. The van der Waals surface area contributed by atoms with Gasteiger partial charge in [0.2, 0.25) is 5.95 Å². The number of aryl methyl sites for hydroxylation is 1. The van der Waals surface area contributed by atoms with Crippen molar-refractivity contribution in [1.29, 1.82) is 0 Å². The molecule has 2 heterocycles. The monoisotopic (exact) mass is 424 g/mol. The molecular formula is C21H29FN2O4S. The molecule has 0 spiro atoms. The number of pyridine rings is 1. The fraction of sp³-hybridized carbons (Fsp3) is 0.476. The van der Waals surface area contributed by atoms with E-state index in [1.807, 2.05) is 6.92 Å². The summed E-state index contributed by atoms with van der Waals surface area (Å²) in [6, 6.07) is 9.40. The van der Waals surface area contributed by atoms with Gasteiger partial charge in [-0.05, 0) is 57.9 Å². The molecular weight excluding hydrogens is 395 g/mol. The normalized spacial score (nSPS) is 17.1. The van der Waals surface area contributed by atoms with Crippen LogP contribution in [-0.4, -0.2) is 47.6 Å². The number of ether oxygens (including phenoxy) is 1. The molecule has 3 rings (SSSR count). The smallest absolute Gasteiger partial charge is 0.294 e. The predicted octanol–water partition coefficient (Wildman–Crippen LogP) is 4.10. The van der Waals surface area contributed by atoms with Gasteiger partial charge in [-0.1, -0.05) is 24.6 Å². The zero-order valence-corrected chi connectivity index (χ0v) is 18.1. The molecule has 0 unspecified atom stereocenters. The summed E-state index contributed by atoms with van der Waals surface area (Å²) >= 11 is 0. The molecule has 160 valence electrons. The lowest BCUT2D eigenvalue weighted by molar-refractivity contribution is -0.0312.